The predicted octanol–water partition coefficient (Wildman–Crippen LogP) is 1.56. The first-order chi connectivity index (χ1) is 13.3. The van der Waals surface area contributed by atoms with Crippen LogP contribution in [0, 0.1) is 19.3 Å². The largest absolute Gasteiger partial charge is 0.497 e. The molecule has 0 aliphatic carbocycles. The number of benzene rings is 1. The molecule has 2 aromatic rings. The molecule has 1 aromatic heterocycles. The molecule has 1 fully saturated rings. The lowest BCUT2D eigenvalue weighted by molar-refractivity contribution is -0.161. The van der Waals surface area contributed by atoms with Crippen LogP contribution in [0.3, 0.4) is 0 Å². The normalized spacial score (nSPS) is 22.1. The van der Waals surface area contributed by atoms with Gasteiger partial charge < -0.3 is 24.8 Å². The molecule has 8 nitrogen and oxygen atoms in total. The fraction of sp³-hybridized carbons (Fsp3) is 0.450. The molecule has 1 aromatic carbocycles. The summed E-state index contributed by atoms with van der Waals surface area (Å²) in [6.45, 7) is 3.70. The van der Waals surface area contributed by atoms with Crippen molar-refractivity contribution >= 4 is 11.9 Å². The smallest absolute Gasteiger partial charge is 0.314 e. The van der Waals surface area contributed by atoms with Gasteiger partial charge in [0.15, 0.2) is 0 Å². The van der Waals surface area contributed by atoms with Gasteiger partial charge in [-0.05, 0) is 44.4 Å². The van der Waals surface area contributed by atoms with E-state index in [1.54, 1.807) is 38.1 Å². The van der Waals surface area contributed by atoms with Crippen LogP contribution in [-0.4, -0.2) is 63.3 Å². The minimum absolute atomic E-state index is 0.0864. The fourth-order valence-electron chi connectivity index (χ4n) is 3.83. The van der Waals surface area contributed by atoms with E-state index in [-0.39, 0.29) is 37.5 Å². The van der Waals surface area contributed by atoms with E-state index in [9.17, 15) is 19.8 Å². The van der Waals surface area contributed by atoms with Crippen LogP contribution in [0.4, 0.5) is 0 Å². The van der Waals surface area contributed by atoms with Gasteiger partial charge in [0.1, 0.15) is 22.7 Å². The molecule has 0 bridgehead atoms. The molecular weight excluding hydrogens is 362 g/mol. The van der Waals surface area contributed by atoms with E-state index in [0.717, 1.165) is 5.56 Å². The number of aliphatic hydroxyl groups is 1. The molecule has 1 saturated heterocycles. The van der Waals surface area contributed by atoms with Gasteiger partial charge in [0.2, 0.25) is 0 Å². The second-order valence-electron chi connectivity index (χ2n) is 7.32. The summed E-state index contributed by atoms with van der Waals surface area (Å²) >= 11 is 0. The highest BCUT2D eigenvalue weighted by Crippen LogP contribution is 2.36. The van der Waals surface area contributed by atoms with E-state index in [1.807, 2.05) is 0 Å². The Morgan fingerprint density at radius 1 is 1.39 bits per heavy atom. The quantitative estimate of drug-likeness (QED) is 0.717. The maximum atomic E-state index is 13.0. The lowest BCUT2D eigenvalue weighted by atomic mass is 9.72. The number of hydrogen-bond donors (Lipinski definition) is 3. The Labute approximate surface area is 163 Å². The van der Waals surface area contributed by atoms with Crippen LogP contribution in [0.1, 0.15) is 34.0 Å². The summed E-state index contributed by atoms with van der Waals surface area (Å²) in [7, 11) is 1.54. The molecule has 3 rings (SSSR count). The molecule has 2 atom stereocenters. The minimum Gasteiger partial charge on any atom is -0.497 e. The van der Waals surface area contributed by atoms with Gasteiger partial charge in [0, 0.05) is 18.8 Å². The Morgan fingerprint density at radius 3 is 2.75 bits per heavy atom. The van der Waals surface area contributed by atoms with Crippen molar-refractivity contribution in [3.05, 3.63) is 47.0 Å². The van der Waals surface area contributed by atoms with Gasteiger partial charge in [-0.2, -0.15) is 0 Å². The van der Waals surface area contributed by atoms with Crippen LogP contribution in [0.5, 0.6) is 5.75 Å². The third kappa shape index (κ3) is 3.60. The Balaban J connectivity index is 1.91. The number of rotatable bonds is 5. The van der Waals surface area contributed by atoms with Crippen molar-refractivity contribution in [2.45, 2.75) is 32.8 Å². The van der Waals surface area contributed by atoms with Gasteiger partial charge in [-0.25, -0.2) is 4.98 Å². The van der Waals surface area contributed by atoms with Gasteiger partial charge in [0.05, 0.1) is 13.2 Å². The van der Waals surface area contributed by atoms with Crippen molar-refractivity contribution in [1.29, 1.82) is 0 Å². The molecule has 28 heavy (non-hydrogen) atoms. The number of H-pyrrole nitrogens is 1. The van der Waals surface area contributed by atoms with E-state index in [1.165, 1.54) is 12.0 Å². The molecule has 2 heterocycles. The van der Waals surface area contributed by atoms with Crippen molar-refractivity contribution < 1.29 is 24.5 Å². The van der Waals surface area contributed by atoms with Crippen molar-refractivity contribution in [3.8, 4) is 5.75 Å². The maximum Gasteiger partial charge on any atom is 0.314 e. The van der Waals surface area contributed by atoms with Crippen molar-refractivity contribution in [3.63, 3.8) is 0 Å². The van der Waals surface area contributed by atoms with Gasteiger partial charge in [-0.15, -0.1) is 0 Å². The van der Waals surface area contributed by atoms with Crippen LogP contribution in [0.2, 0.25) is 0 Å². The van der Waals surface area contributed by atoms with E-state index in [4.69, 9.17) is 4.74 Å². The molecule has 0 saturated carbocycles. The number of carboxylic acid groups (broad SMARTS) is 1. The summed E-state index contributed by atoms with van der Waals surface area (Å²) in [6.07, 6.45) is -0.796. The van der Waals surface area contributed by atoms with Gasteiger partial charge in [-0.1, -0.05) is 12.1 Å². The van der Waals surface area contributed by atoms with E-state index in [0.29, 0.717) is 17.3 Å². The average Bonchev–Trinajstić information content (AvgIpc) is 3.01. The zero-order valence-corrected chi connectivity index (χ0v) is 16.2. The van der Waals surface area contributed by atoms with E-state index >= 15 is 0 Å². The first kappa shape index (κ1) is 19.9. The molecule has 1 amide bonds. The number of likely N-dealkylation sites (tertiary alicyclic amines) is 1. The average molecular weight is 387 g/mol. The minimum atomic E-state index is -1.50. The summed E-state index contributed by atoms with van der Waals surface area (Å²) in [4.78, 5) is 33.9. The number of carboxylic acids is 1. The number of nitrogens with one attached hydrogen (secondary N) is 1. The summed E-state index contributed by atoms with van der Waals surface area (Å²) in [5.41, 5.74) is 0.151. The summed E-state index contributed by atoms with van der Waals surface area (Å²) in [5.74, 6) is -0.224. The number of nitrogens with zero attached hydrogens (tertiary/aromatic N) is 2. The highest BCUT2D eigenvalue weighted by Gasteiger charge is 2.50. The van der Waals surface area contributed by atoms with Gasteiger partial charge in [-0.3, -0.25) is 9.59 Å². The SMILES string of the molecule is COc1cccc(C[C@@]2(C(=O)O)CN(C(=O)c3nc(C)[nH]c3C)CC[C@@H]2O)c1. The van der Waals surface area contributed by atoms with Crippen LogP contribution in [0.15, 0.2) is 24.3 Å². The molecule has 150 valence electrons. The number of aryl methyl sites for hydroxylation is 2. The molecule has 0 radical (unpaired) electrons. The molecule has 1 aliphatic heterocycles. The standard InChI is InChI=1S/C20H25N3O5/c1-12-17(22-13(2)21-12)18(25)23-8-7-16(24)20(11-23,19(26)27)10-14-5-4-6-15(9-14)28-3/h4-6,9,16,24H,7-8,10-11H2,1-3H3,(H,21,22)(H,26,27)/t16-,20+/m0/s1. The number of amides is 1. The van der Waals surface area contributed by atoms with Crippen LogP contribution < -0.4 is 4.74 Å². The molecule has 8 heteroatoms. The lowest BCUT2D eigenvalue weighted by Gasteiger charge is -2.43. The number of aliphatic carboxylic acids is 1. The third-order valence-corrected chi connectivity index (χ3v) is 5.36. The Bertz CT molecular complexity index is 894. The zero-order valence-electron chi connectivity index (χ0n) is 16.2. The summed E-state index contributed by atoms with van der Waals surface area (Å²) in [6, 6.07) is 7.09. The number of aromatic nitrogens is 2. The second kappa shape index (κ2) is 7.63. The molecule has 1 aliphatic rings. The first-order valence-corrected chi connectivity index (χ1v) is 9.13. The number of aliphatic hydroxyl groups excluding tert-OH is 1. The maximum absolute atomic E-state index is 13.0. The van der Waals surface area contributed by atoms with Gasteiger partial charge in [0.25, 0.3) is 5.91 Å². The Morgan fingerprint density at radius 2 is 2.14 bits per heavy atom. The summed E-state index contributed by atoms with van der Waals surface area (Å²) in [5, 5.41) is 20.7. The predicted molar refractivity (Wildman–Crippen MR) is 101 cm³/mol. The van der Waals surface area contributed by atoms with E-state index < -0.39 is 17.5 Å². The monoisotopic (exact) mass is 387 g/mol. The first-order valence-electron chi connectivity index (χ1n) is 9.13. The zero-order chi connectivity index (χ0) is 20.5. The third-order valence-electron chi connectivity index (χ3n) is 5.36. The van der Waals surface area contributed by atoms with Crippen LogP contribution in [0.25, 0.3) is 0 Å². The Kier molecular flexibility index (Phi) is 5.42. The topological polar surface area (TPSA) is 116 Å². The highest BCUT2D eigenvalue weighted by molar-refractivity contribution is 5.94. The molecular formula is C20H25N3O5. The number of imidazole rings is 1. The number of piperidine rings is 1. The summed E-state index contributed by atoms with van der Waals surface area (Å²) < 4.78 is 5.21. The Hall–Kier alpha value is -2.87. The number of hydrogen-bond acceptors (Lipinski definition) is 5. The van der Waals surface area contributed by atoms with Crippen molar-refractivity contribution in [1.82, 2.24) is 14.9 Å². The fourth-order valence-corrected chi connectivity index (χ4v) is 3.83. The number of ether oxygens (including phenoxy) is 1. The highest BCUT2D eigenvalue weighted by atomic mass is 16.5. The molecule has 3 N–H and O–H groups in total. The number of methoxy groups -OCH3 is 1. The molecule has 0 spiro atoms. The number of carbonyl (C=O) groups is 2. The van der Waals surface area contributed by atoms with Crippen LogP contribution in [-0.2, 0) is 11.2 Å². The number of carbonyl (C=O) groups excluding carboxylic acids is 1. The van der Waals surface area contributed by atoms with E-state index in [2.05, 4.69) is 9.97 Å². The molecule has 0 unspecified atom stereocenters. The number of aromatic amines is 1. The van der Waals surface area contributed by atoms with Crippen molar-refractivity contribution in [2.24, 2.45) is 5.41 Å². The van der Waals surface area contributed by atoms with Crippen molar-refractivity contribution in [2.75, 3.05) is 20.2 Å². The second-order valence-corrected chi connectivity index (χ2v) is 7.32. The van der Waals surface area contributed by atoms with Crippen LogP contribution >= 0.6 is 0 Å². The lowest BCUT2D eigenvalue weighted by Crippen LogP contribution is -2.58. The van der Waals surface area contributed by atoms with Gasteiger partial charge >= 0.3 is 5.97 Å².